The maximum Gasteiger partial charge on any atom is 0.164 e. The third-order valence-corrected chi connectivity index (χ3v) is 8.27. The van der Waals surface area contributed by atoms with E-state index in [1.54, 1.807) is 18.2 Å². The van der Waals surface area contributed by atoms with Crippen LogP contribution in [0.4, 0.5) is 0 Å². The molecule has 3 nitrogen and oxygen atoms in total. The zero-order valence-electron chi connectivity index (χ0n) is 36.2. The second kappa shape index (κ2) is 11.7. The van der Waals surface area contributed by atoms with E-state index in [-0.39, 0.29) is 43.9 Å². The van der Waals surface area contributed by atoms with Gasteiger partial charge in [0.25, 0.3) is 0 Å². The molecule has 0 saturated carbocycles. The van der Waals surface area contributed by atoms with Crippen LogP contribution in [0.1, 0.15) is 15.1 Å². The Morgan fingerprint density at radius 1 is 0.333 bits per heavy atom. The minimum absolute atomic E-state index is 0.00859. The zero-order valence-corrected chi connectivity index (χ0v) is 25.2. The van der Waals surface area contributed by atoms with E-state index >= 15 is 0 Å². The molecule has 0 bridgehead atoms. The van der Waals surface area contributed by atoms with Crippen LogP contribution in [0, 0.1) is 0 Å². The standard InChI is InChI=1S/C45H29N3/c1-4-14-30(15-5-1)41-28-33(34-24-26-39-37-22-11-10-20-35(37)36-21-12-13-23-38(36)42(39)29-34)25-27-40(41)45-47-43(31-16-6-2-7-17-31)46-44(48-45)32-18-8-3-9-19-32/h1-29H/i10D,11D,12D,13D,20D,21D,22D,23D,24D,26D,29D. The molecule has 0 spiro atoms. The molecule has 224 valence electrons. The number of fused-ring (bicyclic) bond motifs is 6. The highest BCUT2D eigenvalue weighted by Gasteiger charge is 2.17. The highest BCUT2D eigenvalue weighted by molar-refractivity contribution is 6.25. The Kier molecular flexibility index (Phi) is 4.55. The molecule has 0 unspecified atom stereocenters. The molecule has 0 N–H and O–H groups in total. The summed E-state index contributed by atoms with van der Waals surface area (Å²) in [4.78, 5) is 14.7. The largest absolute Gasteiger partial charge is 0.208 e. The van der Waals surface area contributed by atoms with Crippen molar-refractivity contribution in [3.05, 3.63) is 176 Å². The highest BCUT2D eigenvalue weighted by Crippen LogP contribution is 2.39. The van der Waals surface area contributed by atoms with Crippen molar-refractivity contribution in [1.29, 1.82) is 0 Å². The molecule has 9 rings (SSSR count). The summed E-state index contributed by atoms with van der Waals surface area (Å²) in [5.41, 5.74) is 3.92. The molecule has 0 saturated heterocycles. The third-order valence-electron chi connectivity index (χ3n) is 8.27. The van der Waals surface area contributed by atoms with Gasteiger partial charge in [0.2, 0.25) is 0 Å². The molecule has 0 radical (unpaired) electrons. The second-order valence-electron chi connectivity index (χ2n) is 11.2. The van der Waals surface area contributed by atoms with Crippen molar-refractivity contribution in [1.82, 2.24) is 15.0 Å². The molecule has 8 aromatic carbocycles. The van der Waals surface area contributed by atoms with Crippen molar-refractivity contribution in [3.8, 4) is 56.4 Å². The van der Waals surface area contributed by atoms with Gasteiger partial charge in [-0.15, -0.1) is 0 Å². The van der Waals surface area contributed by atoms with Crippen LogP contribution in [-0.4, -0.2) is 15.0 Å². The number of nitrogens with zero attached hydrogens (tertiary/aromatic N) is 3. The summed E-state index contributed by atoms with van der Waals surface area (Å²) < 4.78 is 98.2. The van der Waals surface area contributed by atoms with Gasteiger partial charge >= 0.3 is 0 Å². The summed E-state index contributed by atoms with van der Waals surface area (Å²) in [5.74, 6) is 1.27. The highest BCUT2D eigenvalue weighted by atomic mass is 15.0. The average molecular weight is 623 g/mol. The predicted molar refractivity (Wildman–Crippen MR) is 200 cm³/mol. The number of hydrogen-bond donors (Lipinski definition) is 0. The normalized spacial score (nSPS) is 14.5. The van der Waals surface area contributed by atoms with Crippen molar-refractivity contribution in [2.24, 2.45) is 0 Å². The molecule has 1 heterocycles. The lowest BCUT2D eigenvalue weighted by Crippen LogP contribution is -2.01. The van der Waals surface area contributed by atoms with Crippen molar-refractivity contribution >= 4 is 32.3 Å². The smallest absolute Gasteiger partial charge is 0.164 e. The molecule has 0 aliphatic heterocycles. The van der Waals surface area contributed by atoms with Crippen LogP contribution < -0.4 is 0 Å². The number of benzene rings is 8. The molecule has 48 heavy (non-hydrogen) atoms. The van der Waals surface area contributed by atoms with Crippen LogP contribution in [0.2, 0.25) is 0 Å². The van der Waals surface area contributed by atoms with Crippen molar-refractivity contribution in [2.45, 2.75) is 0 Å². The van der Waals surface area contributed by atoms with Gasteiger partial charge < -0.3 is 0 Å². The molecular weight excluding hydrogens is 583 g/mol. The van der Waals surface area contributed by atoms with Crippen LogP contribution in [0.15, 0.2) is 176 Å². The average Bonchev–Trinajstić information content (AvgIpc) is 3.27. The minimum atomic E-state index is -0.616. The van der Waals surface area contributed by atoms with E-state index in [0.717, 1.165) is 16.7 Å². The summed E-state index contributed by atoms with van der Waals surface area (Å²) in [7, 11) is 0. The van der Waals surface area contributed by atoms with Gasteiger partial charge in [-0.25, -0.2) is 15.0 Å². The number of aromatic nitrogens is 3. The van der Waals surface area contributed by atoms with Crippen LogP contribution in [0.25, 0.3) is 88.7 Å². The summed E-state index contributed by atoms with van der Waals surface area (Å²) >= 11 is 0. The van der Waals surface area contributed by atoms with Gasteiger partial charge in [0.15, 0.2) is 17.5 Å². The van der Waals surface area contributed by atoms with E-state index in [0.29, 0.717) is 34.2 Å². The molecule has 3 heteroatoms. The maximum absolute atomic E-state index is 9.74. The zero-order chi connectivity index (χ0) is 41.4. The van der Waals surface area contributed by atoms with Crippen LogP contribution >= 0.6 is 0 Å². The number of rotatable bonds is 5. The molecule has 0 aliphatic rings. The van der Waals surface area contributed by atoms with E-state index in [1.165, 1.54) is 0 Å². The predicted octanol–water partition coefficient (Wildman–Crippen LogP) is 11.7. The maximum atomic E-state index is 9.74. The fourth-order valence-corrected chi connectivity index (χ4v) is 5.98. The van der Waals surface area contributed by atoms with Gasteiger partial charge in [-0.1, -0.05) is 157 Å². The Bertz CT molecular complexity index is 3120. The molecule has 0 amide bonds. The molecule has 0 atom stereocenters. The summed E-state index contributed by atoms with van der Waals surface area (Å²) in [6.07, 6.45) is 0. The Hall–Kier alpha value is -6.45. The number of hydrogen-bond acceptors (Lipinski definition) is 3. The van der Waals surface area contributed by atoms with Gasteiger partial charge in [-0.05, 0) is 72.7 Å². The van der Waals surface area contributed by atoms with Gasteiger partial charge in [0, 0.05) is 16.7 Å². The molecule has 1 aromatic heterocycles. The monoisotopic (exact) mass is 622 g/mol. The lowest BCUT2D eigenvalue weighted by Gasteiger charge is -2.15. The first kappa shape index (κ1) is 18.6. The molecule has 9 aromatic rings. The summed E-state index contributed by atoms with van der Waals surface area (Å²) in [6, 6.07) is 28.0. The SMILES string of the molecule is [2H]c1c([2H])c([2H])c2c(c1[2H])c1c([2H])c([2H])c([2H])c([2H])c1c1c([2H])c(-c3ccc(-c4nc(-c5ccccc5)nc(-c5ccccc5)n4)c(-c4ccccc4)c3)c([2H])c([2H])c21. The van der Waals surface area contributed by atoms with Crippen LogP contribution in [0.5, 0.6) is 0 Å². The topological polar surface area (TPSA) is 38.7 Å². The lowest BCUT2D eigenvalue weighted by atomic mass is 9.90. The minimum Gasteiger partial charge on any atom is -0.208 e. The van der Waals surface area contributed by atoms with Crippen molar-refractivity contribution in [2.75, 3.05) is 0 Å². The van der Waals surface area contributed by atoms with Crippen LogP contribution in [-0.2, 0) is 0 Å². The first-order chi connectivity index (χ1) is 28.4. The quantitative estimate of drug-likeness (QED) is 0.179. The Labute approximate surface area is 294 Å². The van der Waals surface area contributed by atoms with E-state index in [1.807, 2.05) is 91.0 Å². The first-order valence-electron chi connectivity index (χ1n) is 20.8. The van der Waals surface area contributed by atoms with E-state index in [2.05, 4.69) is 0 Å². The molecule has 0 aliphatic carbocycles. The van der Waals surface area contributed by atoms with Crippen LogP contribution in [0.3, 0.4) is 0 Å². The fraction of sp³-hybridized carbons (Fsp3) is 0. The first-order valence-corrected chi connectivity index (χ1v) is 15.3. The van der Waals surface area contributed by atoms with E-state index in [9.17, 15) is 4.11 Å². The lowest BCUT2D eigenvalue weighted by molar-refractivity contribution is 1.07. The summed E-state index contributed by atoms with van der Waals surface area (Å²) in [6.45, 7) is 0. The van der Waals surface area contributed by atoms with Gasteiger partial charge in [-0.3, -0.25) is 0 Å². The summed E-state index contributed by atoms with van der Waals surface area (Å²) in [5, 5.41) is -1.06. The molecular formula is C45H29N3. The molecule has 0 fully saturated rings. The third kappa shape index (κ3) is 4.90. The Balaban J connectivity index is 1.38. The van der Waals surface area contributed by atoms with Crippen molar-refractivity contribution in [3.63, 3.8) is 0 Å². The van der Waals surface area contributed by atoms with E-state index in [4.69, 9.17) is 25.9 Å². The van der Waals surface area contributed by atoms with Gasteiger partial charge in [-0.2, -0.15) is 0 Å². The van der Waals surface area contributed by atoms with Gasteiger partial charge in [0.05, 0.1) is 15.1 Å². The van der Waals surface area contributed by atoms with E-state index < -0.39 is 60.4 Å². The Morgan fingerprint density at radius 3 is 1.33 bits per heavy atom. The van der Waals surface area contributed by atoms with Gasteiger partial charge in [0.1, 0.15) is 0 Å². The Morgan fingerprint density at radius 2 is 0.792 bits per heavy atom. The van der Waals surface area contributed by atoms with Crippen molar-refractivity contribution < 1.29 is 15.1 Å². The second-order valence-corrected chi connectivity index (χ2v) is 11.2. The fourth-order valence-electron chi connectivity index (χ4n) is 5.98.